The number of carbonyl (C=O) groups excluding carboxylic acids is 1. The summed E-state index contributed by atoms with van der Waals surface area (Å²) in [6.45, 7) is 5.02. The van der Waals surface area contributed by atoms with E-state index >= 15 is 0 Å². The molecular weight excluding hydrogens is 360 g/mol. The highest BCUT2D eigenvalue weighted by atomic mass is 16.1. The molecule has 3 heterocycles. The van der Waals surface area contributed by atoms with Gasteiger partial charge in [-0.05, 0) is 42.7 Å². The van der Waals surface area contributed by atoms with Crippen molar-refractivity contribution in [1.29, 1.82) is 0 Å². The number of nitrogens with zero attached hydrogens (tertiary/aromatic N) is 3. The number of hydrogen-bond donors (Lipinski definition) is 1. The number of amides is 1. The lowest BCUT2D eigenvalue weighted by Gasteiger charge is -2.12. The Morgan fingerprint density at radius 3 is 2.69 bits per heavy atom. The van der Waals surface area contributed by atoms with Gasteiger partial charge in [0.2, 0.25) is 5.91 Å². The second-order valence-corrected chi connectivity index (χ2v) is 8.05. The van der Waals surface area contributed by atoms with Crippen molar-refractivity contribution >= 4 is 22.5 Å². The van der Waals surface area contributed by atoms with Gasteiger partial charge in [-0.25, -0.2) is 0 Å². The van der Waals surface area contributed by atoms with Crippen molar-refractivity contribution in [3.05, 3.63) is 83.8 Å². The smallest absolute Gasteiger partial charge is 0.225 e. The van der Waals surface area contributed by atoms with E-state index in [0.29, 0.717) is 12.5 Å². The van der Waals surface area contributed by atoms with Crippen molar-refractivity contribution in [3.63, 3.8) is 0 Å². The van der Waals surface area contributed by atoms with Crippen molar-refractivity contribution in [2.24, 2.45) is 0 Å². The zero-order valence-electron chi connectivity index (χ0n) is 16.7. The van der Waals surface area contributed by atoms with E-state index in [1.807, 2.05) is 29.1 Å². The van der Waals surface area contributed by atoms with Gasteiger partial charge in [-0.15, -0.1) is 0 Å². The number of carbonyl (C=O) groups is 1. The van der Waals surface area contributed by atoms with Crippen LogP contribution in [0.3, 0.4) is 0 Å². The third-order valence-corrected chi connectivity index (χ3v) is 5.72. The Kier molecular flexibility index (Phi) is 4.23. The first-order chi connectivity index (χ1) is 14.1. The number of aromatic nitrogens is 3. The van der Waals surface area contributed by atoms with Crippen LogP contribution in [0.5, 0.6) is 0 Å². The van der Waals surface area contributed by atoms with E-state index < -0.39 is 0 Å². The molecule has 0 aliphatic carbocycles. The molecule has 1 aliphatic heterocycles. The Hall–Kier alpha value is -3.34. The normalized spacial score (nSPS) is 16.2. The Bertz CT molecular complexity index is 1190. The van der Waals surface area contributed by atoms with Crippen LogP contribution in [0.4, 0.5) is 5.69 Å². The minimum Gasteiger partial charge on any atom is -0.343 e. The van der Waals surface area contributed by atoms with Crippen LogP contribution < -0.4 is 5.32 Å². The molecule has 5 heteroatoms. The summed E-state index contributed by atoms with van der Waals surface area (Å²) >= 11 is 0. The molecule has 146 valence electrons. The number of rotatable bonds is 4. The highest BCUT2D eigenvalue weighted by molar-refractivity contribution is 6.06. The first kappa shape index (κ1) is 17.7. The summed E-state index contributed by atoms with van der Waals surface area (Å²) in [6, 6.07) is 16.9. The van der Waals surface area contributed by atoms with Crippen LogP contribution in [-0.2, 0) is 11.3 Å². The van der Waals surface area contributed by atoms with Crippen LogP contribution in [-0.4, -0.2) is 20.3 Å². The Morgan fingerprint density at radius 2 is 1.93 bits per heavy atom. The number of anilines is 1. The van der Waals surface area contributed by atoms with Crippen molar-refractivity contribution in [1.82, 2.24) is 14.3 Å². The monoisotopic (exact) mass is 384 g/mol. The molecule has 5 rings (SSSR count). The molecule has 1 unspecified atom stereocenters. The third-order valence-electron chi connectivity index (χ3n) is 5.72. The Morgan fingerprint density at radius 1 is 1.10 bits per heavy atom. The molecule has 2 aromatic heterocycles. The van der Waals surface area contributed by atoms with Gasteiger partial charge >= 0.3 is 0 Å². The molecule has 0 spiro atoms. The number of benzene rings is 2. The molecular formula is C24H24N4O. The highest BCUT2D eigenvalue weighted by Crippen LogP contribution is 2.41. The molecule has 5 nitrogen and oxygen atoms in total. The van der Waals surface area contributed by atoms with E-state index in [1.165, 1.54) is 11.1 Å². The predicted octanol–water partition coefficient (Wildman–Crippen LogP) is 4.94. The van der Waals surface area contributed by atoms with Gasteiger partial charge in [0, 0.05) is 42.7 Å². The second kappa shape index (κ2) is 6.92. The molecule has 0 saturated carbocycles. The van der Waals surface area contributed by atoms with Crippen molar-refractivity contribution in [2.75, 3.05) is 5.32 Å². The fourth-order valence-electron chi connectivity index (χ4n) is 4.27. The fraction of sp³-hybridized carbons (Fsp3) is 0.250. The van der Waals surface area contributed by atoms with Crippen LogP contribution >= 0.6 is 0 Å². The average molecular weight is 384 g/mol. The molecule has 2 aromatic carbocycles. The van der Waals surface area contributed by atoms with Crippen LogP contribution in [0.15, 0.2) is 67.1 Å². The van der Waals surface area contributed by atoms with E-state index in [4.69, 9.17) is 0 Å². The molecule has 1 atom stereocenters. The SMILES string of the molecule is CC(C)n1cc(C2CC(=O)Nc3cccc4c3c2cn4Cc2ccccc2)cn1. The maximum Gasteiger partial charge on any atom is 0.225 e. The van der Waals surface area contributed by atoms with Gasteiger partial charge in [-0.2, -0.15) is 5.10 Å². The molecule has 0 bridgehead atoms. The minimum absolute atomic E-state index is 0.00864. The lowest BCUT2D eigenvalue weighted by Crippen LogP contribution is -2.13. The Balaban J connectivity index is 1.67. The standard InChI is InChI=1S/C24H24N4O/c1-16(2)28-14-18(12-25-28)19-11-23(29)26-21-9-6-10-22-24(21)20(19)15-27(22)13-17-7-4-3-5-8-17/h3-10,12,14-16,19H,11,13H2,1-2H3,(H,26,29). The van der Waals surface area contributed by atoms with Gasteiger partial charge in [0.1, 0.15) is 0 Å². The van der Waals surface area contributed by atoms with Gasteiger partial charge < -0.3 is 9.88 Å². The molecule has 4 aromatic rings. The summed E-state index contributed by atoms with van der Waals surface area (Å²) in [4.78, 5) is 12.6. The molecule has 0 fully saturated rings. The van der Waals surface area contributed by atoms with Crippen molar-refractivity contribution in [3.8, 4) is 0 Å². The van der Waals surface area contributed by atoms with Gasteiger partial charge in [-0.1, -0.05) is 36.4 Å². The number of hydrogen-bond acceptors (Lipinski definition) is 2. The van der Waals surface area contributed by atoms with E-state index in [9.17, 15) is 4.79 Å². The lowest BCUT2D eigenvalue weighted by atomic mass is 9.91. The average Bonchev–Trinajstić information content (AvgIpc) is 3.30. The van der Waals surface area contributed by atoms with Gasteiger partial charge in [0.05, 0.1) is 17.4 Å². The molecule has 29 heavy (non-hydrogen) atoms. The lowest BCUT2D eigenvalue weighted by molar-refractivity contribution is -0.116. The van der Waals surface area contributed by atoms with E-state index in [1.54, 1.807) is 0 Å². The highest BCUT2D eigenvalue weighted by Gasteiger charge is 2.28. The molecule has 1 N–H and O–H groups in total. The van der Waals surface area contributed by atoms with E-state index in [0.717, 1.165) is 28.7 Å². The quantitative estimate of drug-likeness (QED) is 0.542. The van der Waals surface area contributed by atoms with Crippen LogP contribution in [0.1, 0.15) is 48.9 Å². The molecule has 1 aliphatic rings. The van der Waals surface area contributed by atoms with Crippen LogP contribution in [0, 0.1) is 0 Å². The van der Waals surface area contributed by atoms with Gasteiger partial charge in [0.15, 0.2) is 0 Å². The zero-order valence-corrected chi connectivity index (χ0v) is 16.7. The first-order valence-corrected chi connectivity index (χ1v) is 10.1. The summed E-state index contributed by atoms with van der Waals surface area (Å²) < 4.78 is 4.25. The van der Waals surface area contributed by atoms with Crippen molar-refractivity contribution in [2.45, 2.75) is 38.8 Å². The summed E-state index contributed by atoms with van der Waals surface area (Å²) in [5, 5.41) is 8.77. The fourth-order valence-corrected chi connectivity index (χ4v) is 4.27. The summed E-state index contributed by atoms with van der Waals surface area (Å²) in [7, 11) is 0. The van der Waals surface area contributed by atoms with E-state index in [-0.39, 0.29) is 11.8 Å². The maximum absolute atomic E-state index is 12.6. The molecule has 1 amide bonds. The van der Waals surface area contributed by atoms with Gasteiger partial charge in [0.25, 0.3) is 0 Å². The Labute approximate surface area is 170 Å². The maximum atomic E-state index is 12.6. The first-order valence-electron chi connectivity index (χ1n) is 10.1. The largest absolute Gasteiger partial charge is 0.343 e. The second-order valence-electron chi connectivity index (χ2n) is 8.05. The van der Waals surface area contributed by atoms with Crippen LogP contribution in [0.25, 0.3) is 10.9 Å². The summed E-state index contributed by atoms with van der Waals surface area (Å²) in [5.74, 6) is 0.0382. The zero-order chi connectivity index (χ0) is 20.0. The van der Waals surface area contributed by atoms with Gasteiger partial charge in [-0.3, -0.25) is 9.48 Å². The molecule has 0 radical (unpaired) electrons. The third kappa shape index (κ3) is 3.12. The van der Waals surface area contributed by atoms with Crippen LogP contribution in [0.2, 0.25) is 0 Å². The summed E-state index contributed by atoms with van der Waals surface area (Å²) in [5.41, 5.74) is 5.57. The summed E-state index contributed by atoms with van der Waals surface area (Å²) in [6.07, 6.45) is 6.63. The van der Waals surface area contributed by atoms with Crippen molar-refractivity contribution < 1.29 is 4.79 Å². The predicted molar refractivity (Wildman–Crippen MR) is 115 cm³/mol. The van der Waals surface area contributed by atoms with E-state index in [2.05, 4.69) is 71.6 Å². The number of nitrogens with one attached hydrogen (secondary N) is 1. The molecule has 0 saturated heterocycles. The minimum atomic E-state index is -0.00864. The topological polar surface area (TPSA) is 51.9 Å².